The molecule has 14 heteroatoms. The van der Waals surface area contributed by atoms with Crippen LogP contribution in [0.5, 0.6) is 5.75 Å². The lowest BCUT2D eigenvalue weighted by atomic mass is 9.98. The standard InChI is InChI=1S/C44H54ClFN4O8/c1-10-55-40(52)39-31(16-14-24-56-35-17-13-15-28-25-29(46)18-19-30(28)35)32-20-21-33(45)37(36-27(2)48(9)47-34(36)26-51)38(32)49(39)22-11-12-23-50(41(53)57-43(3,4)5)42(54)58-44(6,7)8/h13,15,17-21,25,51H,10-12,14,16,22-24,26H2,1-9H3. The molecule has 12 nitrogen and oxygen atoms in total. The van der Waals surface area contributed by atoms with E-state index in [-0.39, 0.29) is 32.1 Å². The number of aliphatic hydroxyl groups excluding tert-OH is 1. The zero-order valence-corrected chi connectivity index (χ0v) is 35.6. The zero-order valence-electron chi connectivity index (χ0n) is 34.8. The van der Waals surface area contributed by atoms with Crippen LogP contribution < -0.4 is 4.74 Å². The Labute approximate surface area is 343 Å². The van der Waals surface area contributed by atoms with Crippen molar-refractivity contribution in [3.63, 3.8) is 0 Å². The average molecular weight is 821 g/mol. The van der Waals surface area contributed by atoms with Crippen LogP contribution >= 0.6 is 11.6 Å². The van der Waals surface area contributed by atoms with E-state index in [4.69, 9.17) is 30.5 Å². The van der Waals surface area contributed by atoms with E-state index in [2.05, 4.69) is 5.10 Å². The Morgan fingerprint density at radius 3 is 2.22 bits per heavy atom. The van der Waals surface area contributed by atoms with Crippen LogP contribution in [0.1, 0.15) is 95.2 Å². The largest absolute Gasteiger partial charge is 0.493 e. The summed E-state index contributed by atoms with van der Waals surface area (Å²) in [6, 6.07) is 13.7. The van der Waals surface area contributed by atoms with Gasteiger partial charge in [0, 0.05) is 47.7 Å². The molecule has 1 N–H and O–H groups in total. The molecular weight excluding hydrogens is 767 g/mol. The fraction of sp³-hybridized carbons (Fsp3) is 0.455. The van der Waals surface area contributed by atoms with Crippen LogP contribution in [0.3, 0.4) is 0 Å². The van der Waals surface area contributed by atoms with Gasteiger partial charge >= 0.3 is 18.2 Å². The molecule has 0 aliphatic carbocycles. The number of amides is 2. The Bertz CT molecular complexity index is 2270. The predicted octanol–water partition coefficient (Wildman–Crippen LogP) is 9.93. The van der Waals surface area contributed by atoms with Crippen LogP contribution in [0.25, 0.3) is 32.8 Å². The van der Waals surface area contributed by atoms with Crippen molar-refractivity contribution < 1.29 is 42.8 Å². The van der Waals surface area contributed by atoms with Gasteiger partial charge in [0.1, 0.15) is 28.5 Å². The number of halogens is 2. The van der Waals surface area contributed by atoms with Gasteiger partial charge in [0.25, 0.3) is 0 Å². The first-order valence-corrected chi connectivity index (χ1v) is 19.9. The summed E-state index contributed by atoms with van der Waals surface area (Å²) in [6.45, 7) is 14.3. The molecule has 3 aromatic carbocycles. The number of ether oxygens (including phenoxy) is 4. The molecule has 312 valence electrons. The van der Waals surface area contributed by atoms with Crippen molar-refractivity contribution in [2.24, 2.45) is 7.05 Å². The van der Waals surface area contributed by atoms with Crippen LogP contribution in [-0.2, 0) is 40.8 Å². The third-order valence-electron chi connectivity index (χ3n) is 9.43. The van der Waals surface area contributed by atoms with Gasteiger partial charge in [-0.1, -0.05) is 29.8 Å². The van der Waals surface area contributed by atoms with E-state index >= 15 is 0 Å². The van der Waals surface area contributed by atoms with Crippen molar-refractivity contribution in [1.29, 1.82) is 0 Å². The summed E-state index contributed by atoms with van der Waals surface area (Å²) in [6.07, 6.45) is 0.0316. The summed E-state index contributed by atoms with van der Waals surface area (Å²) in [5.74, 6) is -0.236. The molecule has 0 atom stereocenters. The number of aryl methyl sites for hydroxylation is 3. The van der Waals surface area contributed by atoms with Gasteiger partial charge in [-0.2, -0.15) is 5.10 Å². The van der Waals surface area contributed by atoms with Crippen molar-refractivity contribution in [2.45, 2.75) is 105 Å². The second kappa shape index (κ2) is 18.2. The van der Waals surface area contributed by atoms with Crippen LogP contribution in [0.2, 0.25) is 5.02 Å². The topological polar surface area (TPSA) is 134 Å². The fourth-order valence-electron chi connectivity index (χ4n) is 6.97. The quantitative estimate of drug-likeness (QED) is 0.0660. The third kappa shape index (κ3) is 10.1. The van der Waals surface area contributed by atoms with Crippen LogP contribution in [0, 0.1) is 12.7 Å². The van der Waals surface area contributed by atoms with Crippen molar-refractivity contribution in [3.8, 4) is 16.9 Å². The minimum absolute atomic E-state index is 0.00718. The molecule has 2 heterocycles. The minimum Gasteiger partial charge on any atom is -0.493 e. The second-order valence-corrected chi connectivity index (χ2v) is 16.5. The Morgan fingerprint density at radius 1 is 0.914 bits per heavy atom. The molecule has 0 aliphatic heterocycles. The Hall–Kier alpha value is -5.14. The molecule has 2 amide bonds. The Morgan fingerprint density at radius 2 is 1.59 bits per heavy atom. The molecule has 0 fully saturated rings. The lowest BCUT2D eigenvalue weighted by Gasteiger charge is -2.28. The number of fused-ring (bicyclic) bond motifs is 2. The van der Waals surface area contributed by atoms with Gasteiger partial charge in [-0.05, 0) is 122 Å². The summed E-state index contributed by atoms with van der Waals surface area (Å²) < 4.78 is 40.5. The Kier molecular flexibility index (Phi) is 13.8. The predicted molar refractivity (Wildman–Crippen MR) is 222 cm³/mol. The van der Waals surface area contributed by atoms with Crippen LogP contribution in [0.4, 0.5) is 14.0 Å². The highest BCUT2D eigenvalue weighted by atomic mass is 35.5. The van der Waals surface area contributed by atoms with E-state index in [1.165, 1.54) is 12.1 Å². The number of hydrogen-bond donors (Lipinski definition) is 1. The molecule has 2 aromatic heterocycles. The van der Waals surface area contributed by atoms with E-state index in [9.17, 15) is 23.9 Å². The highest BCUT2D eigenvalue weighted by Crippen LogP contribution is 2.42. The van der Waals surface area contributed by atoms with Crippen molar-refractivity contribution >= 4 is 51.4 Å². The van der Waals surface area contributed by atoms with Crippen LogP contribution in [-0.4, -0.2) is 73.5 Å². The SMILES string of the molecule is CCOC(=O)c1c(CCCOc2cccc3cc(F)ccc23)c2ccc(Cl)c(-c3c(CO)nn(C)c3C)c2n1CCCCN(C(=O)OC(C)(C)C)C(=O)OC(C)(C)C. The molecule has 5 aromatic rings. The number of carbonyl (C=O) groups is 3. The molecule has 0 aliphatic rings. The summed E-state index contributed by atoms with van der Waals surface area (Å²) in [7, 11) is 1.79. The second-order valence-electron chi connectivity index (χ2n) is 16.1. The number of aromatic nitrogens is 3. The van der Waals surface area contributed by atoms with Crippen LogP contribution in [0.15, 0.2) is 48.5 Å². The van der Waals surface area contributed by atoms with Gasteiger partial charge in [0.2, 0.25) is 0 Å². The zero-order chi connectivity index (χ0) is 42.5. The average Bonchev–Trinajstić information content (AvgIpc) is 3.60. The maximum Gasteiger partial charge on any atom is 0.419 e. The van der Waals surface area contributed by atoms with E-state index in [1.54, 1.807) is 72.3 Å². The molecule has 0 unspecified atom stereocenters. The van der Waals surface area contributed by atoms with Gasteiger partial charge in [-0.3, -0.25) is 4.68 Å². The minimum atomic E-state index is -0.848. The molecule has 0 saturated heterocycles. The van der Waals surface area contributed by atoms with E-state index in [1.807, 2.05) is 35.8 Å². The van der Waals surface area contributed by atoms with Gasteiger partial charge in [0.05, 0.1) is 36.1 Å². The molecule has 0 spiro atoms. The lowest BCUT2D eigenvalue weighted by Crippen LogP contribution is -2.44. The summed E-state index contributed by atoms with van der Waals surface area (Å²) in [5, 5.41) is 17.6. The van der Waals surface area contributed by atoms with Gasteiger partial charge in [-0.15, -0.1) is 0 Å². The molecule has 0 bridgehead atoms. The summed E-state index contributed by atoms with van der Waals surface area (Å²) >= 11 is 7.05. The number of aliphatic hydroxyl groups is 1. The molecule has 0 radical (unpaired) electrons. The molecule has 58 heavy (non-hydrogen) atoms. The molecular formula is C44H54ClFN4O8. The number of nitrogens with zero attached hydrogens (tertiary/aromatic N) is 4. The smallest absolute Gasteiger partial charge is 0.419 e. The fourth-order valence-corrected chi connectivity index (χ4v) is 7.21. The summed E-state index contributed by atoms with van der Waals surface area (Å²) in [4.78, 5) is 41.5. The first kappa shape index (κ1) is 44.0. The number of unbranched alkanes of at least 4 members (excludes halogenated alkanes) is 1. The summed E-state index contributed by atoms with van der Waals surface area (Å²) in [5.41, 5.74) is 2.47. The van der Waals surface area contributed by atoms with Crippen molar-refractivity contribution in [3.05, 3.63) is 82.0 Å². The van der Waals surface area contributed by atoms with Crippen molar-refractivity contribution in [2.75, 3.05) is 19.8 Å². The molecule has 5 rings (SSSR count). The Balaban J connectivity index is 1.55. The van der Waals surface area contributed by atoms with Crippen molar-refractivity contribution in [1.82, 2.24) is 19.2 Å². The number of benzene rings is 3. The number of rotatable bonds is 14. The van der Waals surface area contributed by atoms with Gasteiger partial charge < -0.3 is 28.6 Å². The first-order valence-electron chi connectivity index (χ1n) is 19.5. The van der Waals surface area contributed by atoms with Gasteiger partial charge in [-0.25, -0.2) is 23.7 Å². The van der Waals surface area contributed by atoms with E-state index in [0.29, 0.717) is 71.1 Å². The first-order chi connectivity index (χ1) is 27.3. The highest BCUT2D eigenvalue weighted by Gasteiger charge is 2.32. The number of esters is 1. The third-order valence-corrected chi connectivity index (χ3v) is 9.74. The van der Waals surface area contributed by atoms with E-state index in [0.717, 1.165) is 32.3 Å². The normalized spacial score (nSPS) is 11.9. The maximum atomic E-state index is 14.1. The lowest BCUT2D eigenvalue weighted by molar-refractivity contribution is 0.00113. The molecule has 0 saturated carbocycles. The highest BCUT2D eigenvalue weighted by molar-refractivity contribution is 6.35. The number of imide groups is 1. The maximum absolute atomic E-state index is 14.1. The van der Waals surface area contributed by atoms with E-state index < -0.39 is 29.4 Å². The van der Waals surface area contributed by atoms with Gasteiger partial charge in [0.15, 0.2) is 0 Å². The number of hydrogen-bond acceptors (Lipinski definition) is 9. The number of carbonyl (C=O) groups excluding carboxylic acids is 3. The monoisotopic (exact) mass is 820 g/mol.